The molecule has 0 aliphatic carbocycles. The smallest absolute Gasteiger partial charge is 0.337 e. The lowest BCUT2D eigenvalue weighted by atomic mass is 10.1. The number of nitrogens with zero attached hydrogens (tertiary/aromatic N) is 1. The largest absolute Gasteiger partial charge is 0.504 e. The number of methoxy groups -OCH3 is 2. The Kier molecular flexibility index (Phi) is 6.67. The summed E-state index contributed by atoms with van der Waals surface area (Å²) < 4.78 is 11.1. The highest BCUT2D eigenvalue weighted by atomic mass is 35.5. The second-order valence-corrected chi connectivity index (χ2v) is 5.97. The Balaban J connectivity index is 2.26. The molecule has 0 aliphatic heterocycles. The number of hydrogen-bond acceptors (Lipinski definition) is 4. The van der Waals surface area contributed by atoms with Crippen molar-refractivity contribution in [2.75, 3.05) is 14.2 Å². The number of carbonyl (C=O) groups excluding carboxylic acids is 1. The molecule has 0 spiro atoms. The Labute approximate surface area is 155 Å². The molecule has 0 atom stereocenters. The standard InChI is InChI=1S/C18H17Cl2NO4/c1-24-10-8-16-14(19)11-15(20)17(22)21(16)9-7-12-3-5-13(6-4-12)18(23)25-2/h3-6,8,10-11H,7,9H2,1-2H3/b10-8+. The first-order valence-corrected chi connectivity index (χ1v) is 8.19. The second-order valence-electron chi connectivity index (χ2n) is 5.16. The normalized spacial score (nSPS) is 10.9. The predicted octanol–water partition coefficient (Wildman–Crippen LogP) is 3.80. The van der Waals surface area contributed by atoms with Crippen molar-refractivity contribution in [1.82, 2.24) is 4.57 Å². The topological polar surface area (TPSA) is 57.5 Å². The summed E-state index contributed by atoms with van der Waals surface area (Å²) in [4.78, 5) is 23.8. The van der Waals surface area contributed by atoms with Gasteiger partial charge in [-0.3, -0.25) is 4.79 Å². The number of halogens is 2. The summed E-state index contributed by atoms with van der Waals surface area (Å²) in [5, 5.41) is 0.416. The minimum absolute atomic E-state index is 0.0561. The molecule has 0 radical (unpaired) electrons. The maximum atomic E-state index is 12.3. The van der Waals surface area contributed by atoms with Crippen molar-refractivity contribution in [3.8, 4) is 0 Å². The van der Waals surface area contributed by atoms with Crippen molar-refractivity contribution in [3.05, 3.63) is 73.8 Å². The number of ether oxygens (including phenoxy) is 2. The van der Waals surface area contributed by atoms with Gasteiger partial charge in [0.2, 0.25) is 0 Å². The Morgan fingerprint density at radius 3 is 2.44 bits per heavy atom. The average molecular weight is 382 g/mol. The highest BCUT2D eigenvalue weighted by molar-refractivity contribution is 6.35. The average Bonchev–Trinajstić information content (AvgIpc) is 2.62. The van der Waals surface area contributed by atoms with Crippen LogP contribution >= 0.6 is 23.2 Å². The van der Waals surface area contributed by atoms with Crippen molar-refractivity contribution in [2.45, 2.75) is 13.0 Å². The molecule has 2 aromatic rings. The number of benzene rings is 1. The van der Waals surface area contributed by atoms with Gasteiger partial charge in [0.25, 0.3) is 5.56 Å². The van der Waals surface area contributed by atoms with E-state index in [1.807, 2.05) is 12.1 Å². The van der Waals surface area contributed by atoms with E-state index in [1.54, 1.807) is 18.2 Å². The van der Waals surface area contributed by atoms with Gasteiger partial charge in [0.15, 0.2) is 0 Å². The Morgan fingerprint density at radius 1 is 1.16 bits per heavy atom. The predicted molar refractivity (Wildman–Crippen MR) is 98.3 cm³/mol. The van der Waals surface area contributed by atoms with E-state index in [-0.39, 0.29) is 10.6 Å². The molecule has 1 aromatic carbocycles. The van der Waals surface area contributed by atoms with E-state index in [1.165, 1.54) is 31.1 Å². The van der Waals surface area contributed by atoms with Crippen LogP contribution < -0.4 is 5.56 Å². The fourth-order valence-corrected chi connectivity index (χ4v) is 2.85. The Morgan fingerprint density at radius 2 is 1.84 bits per heavy atom. The number of aryl methyl sites for hydroxylation is 1. The Hall–Kier alpha value is -2.24. The third-order valence-corrected chi connectivity index (χ3v) is 4.17. The molecule has 0 fully saturated rings. The molecule has 0 saturated heterocycles. The van der Waals surface area contributed by atoms with E-state index >= 15 is 0 Å². The van der Waals surface area contributed by atoms with Gasteiger partial charge in [-0.25, -0.2) is 4.79 Å². The van der Waals surface area contributed by atoms with Crippen LogP contribution in [-0.2, 0) is 22.4 Å². The maximum absolute atomic E-state index is 12.3. The fourth-order valence-electron chi connectivity index (χ4n) is 2.30. The van der Waals surface area contributed by atoms with Gasteiger partial charge < -0.3 is 14.0 Å². The minimum atomic E-state index is -0.392. The van der Waals surface area contributed by atoms with Gasteiger partial charge in [-0.2, -0.15) is 0 Å². The van der Waals surface area contributed by atoms with Crippen molar-refractivity contribution < 1.29 is 14.3 Å². The lowest BCUT2D eigenvalue weighted by Gasteiger charge is -2.13. The van der Waals surface area contributed by atoms with Crippen LogP contribution in [0.3, 0.4) is 0 Å². The first-order chi connectivity index (χ1) is 12.0. The van der Waals surface area contributed by atoms with Gasteiger partial charge in [0.1, 0.15) is 5.02 Å². The molecule has 1 aromatic heterocycles. The summed E-state index contributed by atoms with van der Waals surface area (Å²) in [5.41, 5.74) is 1.62. The van der Waals surface area contributed by atoms with E-state index in [0.29, 0.717) is 29.2 Å². The number of hydrogen-bond donors (Lipinski definition) is 0. The number of carbonyl (C=O) groups is 1. The van der Waals surface area contributed by atoms with E-state index in [9.17, 15) is 9.59 Å². The summed E-state index contributed by atoms with van der Waals surface area (Å²) in [7, 11) is 2.84. The maximum Gasteiger partial charge on any atom is 0.337 e. The monoisotopic (exact) mass is 381 g/mol. The van der Waals surface area contributed by atoms with Crippen LogP contribution in [0.25, 0.3) is 6.08 Å². The fraction of sp³-hybridized carbons (Fsp3) is 0.222. The summed E-state index contributed by atoms with van der Waals surface area (Å²) in [6.45, 7) is 0.375. The summed E-state index contributed by atoms with van der Waals surface area (Å²) >= 11 is 12.1. The first kappa shape index (κ1) is 19.1. The molecule has 132 valence electrons. The summed E-state index contributed by atoms with van der Waals surface area (Å²) in [6, 6.07) is 8.41. The summed E-state index contributed by atoms with van der Waals surface area (Å²) in [5.74, 6) is -0.392. The summed E-state index contributed by atoms with van der Waals surface area (Å²) in [6.07, 6.45) is 3.61. The zero-order valence-electron chi connectivity index (χ0n) is 13.8. The number of esters is 1. The quantitative estimate of drug-likeness (QED) is 0.563. The van der Waals surface area contributed by atoms with Gasteiger partial charge in [-0.15, -0.1) is 0 Å². The molecule has 0 aliphatic rings. The van der Waals surface area contributed by atoms with E-state index in [0.717, 1.165) is 5.56 Å². The number of pyridine rings is 1. The molecule has 2 rings (SSSR count). The van der Waals surface area contributed by atoms with Crippen LogP contribution in [0, 0.1) is 0 Å². The van der Waals surface area contributed by atoms with Gasteiger partial charge in [0, 0.05) is 6.54 Å². The van der Waals surface area contributed by atoms with Crippen molar-refractivity contribution in [1.29, 1.82) is 0 Å². The molecule has 5 nitrogen and oxygen atoms in total. The molecular weight excluding hydrogens is 365 g/mol. The molecule has 1 heterocycles. The van der Waals surface area contributed by atoms with Gasteiger partial charge in [0.05, 0.1) is 36.8 Å². The molecule has 0 N–H and O–H groups in total. The zero-order valence-corrected chi connectivity index (χ0v) is 15.3. The van der Waals surface area contributed by atoms with Crippen LogP contribution in [0.4, 0.5) is 0 Å². The third-order valence-electron chi connectivity index (χ3n) is 3.60. The Bertz CT molecular complexity index is 841. The molecule has 25 heavy (non-hydrogen) atoms. The molecule has 0 saturated carbocycles. The molecule has 0 unspecified atom stereocenters. The van der Waals surface area contributed by atoms with Crippen LogP contribution in [0.2, 0.25) is 10.0 Å². The van der Waals surface area contributed by atoms with Gasteiger partial charge in [-0.1, -0.05) is 35.3 Å². The first-order valence-electron chi connectivity index (χ1n) is 7.43. The van der Waals surface area contributed by atoms with E-state index < -0.39 is 5.97 Å². The molecule has 0 amide bonds. The van der Waals surface area contributed by atoms with Crippen LogP contribution in [0.15, 0.2) is 41.4 Å². The van der Waals surface area contributed by atoms with Crippen LogP contribution in [-0.4, -0.2) is 24.8 Å². The van der Waals surface area contributed by atoms with Crippen molar-refractivity contribution in [3.63, 3.8) is 0 Å². The van der Waals surface area contributed by atoms with E-state index in [2.05, 4.69) is 4.74 Å². The van der Waals surface area contributed by atoms with Crippen LogP contribution in [0.1, 0.15) is 21.6 Å². The van der Waals surface area contributed by atoms with Crippen molar-refractivity contribution in [2.24, 2.45) is 0 Å². The highest BCUT2D eigenvalue weighted by Gasteiger charge is 2.11. The molecule has 7 heteroatoms. The van der Waals surface area contributed by atoms with Crippen molar-refractivity contribution >= 4 is 35.2 Å². The zero-order chi connectivity index (χ0) is 18.4. The number of aromatic nitrogens is 1. The van der Waals surface area contributed by atoms with Gasteiger partial charge in [-0.05, 0) is 36.3 Å². The lowest BCUT2D eigenvalue weighted by Crippen LogP contribution is -2.24. The van der Waals surface area contributed by atoms with E-state index in [4.69, 9.17) is 27.9 Å². The second kappa shape index (κ2) is 8.74. The van der Waals surface area contributed by atoms with Crippen LogP contribution in [0.5, 0.6) is 0 Å². The highest BCUT2D eigenvalue weighted by Crippen LogP contribution is 2.20. The van der Waals surface area contributed by atoms with Gasteiger partial charge >= 0.3 is 5.97 Å². The number of rotatable bonds is 6. The molecule has 0 bridgehead atoms. The SMILES string of the molecule is CO/C=C/c1c(Cl)cc(Cl)c(=O)n1CCc1ccc(C(=O)OC)cc1. The third kappa shape index (κ3) is 4.65. The molecular formula is C18H17Cl2NO4. The lowest BCUT2D eigenvalue weighted by molar-refractivity contribution is 0.0600. The minimum Gasteiger partial charge on any atom is -0.504 e.